The number of hydrogen-bond acceptors (Lipinski definition) is 3. The molecular weight excluding hydrogens is 260 g/mol. The summed E-state index contributed by atoms with van der Waals surface area (Å²) in [6, 6.07) is -0.0850. The van der Waals surface area contributed by atoms with Crippen molar-refractivity contribution in [2.45, 2.75) is 51.6 Å². The van der Waals surface area contributed by atoms with Crippen LogP contribution in [-0.4, -0.2) is 54.4 Å². The van der Waals surface area contributed by atoms with E-state index in [9.17, 15) is 9.59 Å². The summed E-state index contributed by atoms with van der Waals surface area (Å²) in [5.41, 5.74) is 0. The van der Waals surface area contributed by atoms with E-state index in [2.05, 4.69) is 5.32 Å². The van der Waals surface area contributed by atoms with Gasteiger partial charge >= 0.3 is 12.0 Å². The van der Waals surface area contributed by atoms with Gasteiger partial charge in [0.15, 0.2) is 0 Å². The Morgan fingerprint density at radius 1 is 1.40 bits per heavy atom. The van der Waals surface area contributed by atoms with Crippen molar-refractivity contribution in [2.24, 2.45) is 5.92 Å². The first-order chi connectivity index (χ1) is 9.45. The second-order valence-electron chi connectivity index (χ2n) is 5.63. The lowest BCUT2D eigenvalue weighted by molar-refractivity contribution is -0.143. The lowest BCUT2D eigenvalue weighted by atomic mass is 9.86. The van der Waals surface area contributed by atoms with Crippen LogP contribution in [0.4, 0.5) is 4.79 Å². The van der Waals surface area contributed by atoms with Crippen LogP contribution in [0.5, 0.6) is 0 Å². The molecule has 2 atom stereocenters. The molecule has 0 aromatic carbocycles. The Morgan fingerprint density at radius 2 is 2.10 bits per heavy atom. The van der Waals surface area contributed by atoms with E-state index in [0.29, 0.717) is 26.0 Å². The fraction of sp³-hybridized carbons (Fsp3) is 0.857. The zero-order valence-electron chi connectivity index (χ0n) is 12.6. The number of carboxylic acid groups (broad SMARTS) is 1. The van der Waals surface area contributed by atoms with Crippen LogP contribution in [-0.2, 0) is 9.53 Å². The maximum Gasteiger partial charge on any atom is 0.317 e. The molecule has 20 heavy (non-hydrogen) atoms. The van der Waals surface area contributed by atoms with Crippen LogP contribution in [0, 0.1) is 5.92 Å². The molecule has 0 aromatic rings. The Hall–Kier alpha value is -1.30. The van der Waals surface area contributed by atoms with Crippen molar-refractivity contribution < 1.29 is 19.4 Å². The van der Waals surface area contributed by atoms with Crippen molar-refractivity contribution in [2.75, 3.05) is 20.3 Å². The van der Waals surface area contributed by atoms with Gasteiger partial charge in [-0.2, -0.15) is 0 Å². The van der Waals surface area contributed by atoms with E-state index in [0.717, 1.165) is 12.8 Å². The van der Waals surface area contributed by atoms with Gasteiger partial charge < -0.3 is 20.1 Å². The van der Waals surface area contributed by atoms with E-state index < -0.39 is 5.97 Å². The van der Waals surface area contributed by atoms with Gasteiger partial charge in [0.1, 0.15) is 0 Å². The van der Waals surface area contributed by atoms with Gasteiger partial charge in [-0.3, -0.25) is 4.79 Å². The Labute approximate surface area is 120 Å². The van der Waals surface area contributed by atoms with Crippen LogP contribution in [0.3, 0.4) is 0 Å². The van der Waals surface area contributed by atoms with E-state index >= 15 is 0 Å². The molecule has 0 saturated heterocycles. The first-order valence-corrected chi connectivity index (χ1v) is 7.24. The van der Waals surface area contributed by atoms with Gasteiger partial charge in [-0.15, -0.1) is 0 Å². The number of hydrogen-bond donors (Lipinski definition) is 2. The van der Waals surface area contributed by atoms with Gasteiger partial charge in [0.05, 0.1) is 12.5 Å². The second-order valence-corrected chi connectivity index (χ2v) is 5.63. The highest BCUT2D eigenvalue weighted by Crippen LogP contribution is 2.24. The van der Waals surface area contributed by atoms with Crippen molar-refractivity contribution in [1.82, 2.24) is 10.2 Å². The molecule has 1 rings (SSSR count). The number of rotatable bonds is 6. The Morgan fingerprint density at radius 3 is 2.65 bits per heavy atom. The van der Waals surface area contributed by atoms with Crippen LogP contribution in [0.1, 0.15) is 39.5 Å². The minimum Gasteiger partial charge on any atom is -0.481 e. The first-order valence-electron chi connectivity index (χ1n) is 7.24. The van der Waals surface area contributed by atoms with Gasteiger partial charge in [0, 0.05) is 25.7 Å². The van der Waals surface area contributed by atoms with Crippen LogP contribution in [0.15, 0.2) is 0 Å². The van der Waals surface area contributed by atoms with Crippen LogP contribution in [0.25, 0.3) is 0 Å². The Balaban J connectivity index is 2.52. The van der Waals surface area contributed by atoms with E-state index in [1.807, 2.05) is 13.8 Å². The zero-order valence-corrected chi connectivity index (χ0v) is 12.6. The van der Waals surface area contributed by atoms with Crippen LogP contribution < -0.4 is 5.32 Å². The number of nitrogens with zero attached hydrogens (tertiary/aromatic N) is 1. The van der Waals surface area contributed by atoms with Crippen molar-refractivity contribution >= 4 is 12.0 Å². The topological polar surface area (TPSA) is 78.9 Å². The fourth-order valence-electron chi connectivity index (χ4n) is 2.59. The van der Waals surface area contributed by atoms with Gasteiger partial charge in [-0.25, -0.2) is 4.79 Å². The van der Waals surface area contributed by atoms with Gasteiger partial charge in [-0.05, 0) is 33.1 Å². The molecule has 1 saturated carbocycles. The SMILES string of the molecule is COCCN(C(=O)NC1CCCC(C(=O)O)C1)C(C)C. The second kappa shape index (κ2) is 8.09. The number of carbonyl (C=O) groups is 2. The lowest BCUT2D eigenvalue weighted by Gasteiger charge is -2.32. The predicted octanol–water partition coefficient (Wildman–Crippen LogP) is 1.70. The van der Waals surface area contributed by atoms with Gasteiger partial charge in [-0.1, -0.05) is 6.42 Å². The number of amides is 2. The Bertz CT molecular complexity index is 333. The summed E-state index contributed by atoms with van der Waals surface area (Å²) in [6.07, 6.45) is 2.93. The minimum absolute atomic E-state index is 0.0406. The summed E-state index contributed by atoms with van der Waals surface area (Å²) in [5, 5.41) is 12.0. The quantitative estimate of drug-likeness (QED) is 0.779. The fourth-order valence-corrected chi connectivity index (χ4v) is 2.59. The zero-order chi connectivity index (χ0) is 15.1. The summed E-state index contributed by atoms with van der Waals surface area (Å²) in [7, 11) is 1.61. The van der Waals surface area contributed by atoms with Crippen molar-refractivity contribution in [3.05, 3.63) is 0 Å². The number of aliphatic carboxylic acids is 1. The number of nitrogens with one attached hydrogen (secondary N) is 1. The molecule has 6 nitrogen and oxygen atoms in total. The number of ether oxygens (including phenoxy) is 1. The number of carbonyl (C=O) groups excluding carboxylic acids is 1. The molecule has 0 bridgehead atoms. The molecule has 2 N–H and O–H groups in total. The third kappa shape index (κ3) is 5.00. The van der Waals surface area contributed by atoms with Crippen molar-refractivity contribution in [3.63, 3.8) is 0 Å². The molecule has 2 unspecified atom stereocenters. The first kappa shape index (κ1) is 16.8. The van der Waals surface area contributed by atoms with E-state index in [1.54, 1.807) is 12.0 Å². The van der Waals surface area contributed by atoms with Crippen LogP contribution >= 0.6 is 0 Å². The number of urea groups is 1. The number of methoxy groups -OCH3 is 1. The summed E-state index contributed by atoms with van der Waals surface area (Å²) < 4.78 is 5.01. The van der Waals surface area contributed by atoms with Gasteiger partial charge in [0.2, 0.25) is 0 Å². The molecule has 116 valence electrons. The molecule has 2 amide bonds. The average molecular weight is 286 g/mol. The molecule has 0 spiro atoms. The molecule has 0 aliphatic heterocycles. The van der Waals surface area contributed by atoms with Gasteiger partial charge in [0.25, 0.3) is 0 Å². The third-order valence-corrected chi connectivity index (χ3v) is 3.77. The Kier molecular flexibility index (Phi) is 6.78. The lowest BCUT2D eigenvalue weighted by Crippen LogP contribution is -2.50. The highest BCUT2D eigenvalue weighted by molar-refractivity contribution is 5.75. The molecule has 1 aliphatic rings. The largest absolute Gasteiger partial charge is 0.481 e. The predicted molar refractivity (Wildman–Crippen MR) is 75.6 cm³/mol. The van der Waals surface area contributed by atoms with Crippen LogP contribution in [0.2, 0.25) is 0 Å². The molecule has 1 aliphatic carbocycles. The molecule has 6 heteroatoms. The highest BCUT2D eigenvalue weighted by atomic mass is 16.5. The maximum atomic E-state index is 12.2. The molecular formula is C14H26N2O4. The third-order valence-electron chi connectivity index (χ3n) is 3.77. The van der Waals surface area contributed by atoms with Crippen molar-refractivity contribution in [3.8, 4) is 0 Å². The minimum atomic E-state index is -0.760. The smallest absolute Gasteiger partial charge is 0.317 e. The summed E-state index contributed by atoms with van der Waals surface area (Å²) >= 11 is 0. The van der Waals surface area contributed by atoms with E-state index in [1.165, 1.54) is 0 Å². The summed E-state index contributed by atoms with van der Waals surface area (Å²) in [6.45, 7) is 4.94. The maximum absolute atomic E-state index is 12.2. The standard InChI is InChI=1S/C14H26N2O4/c1-10(2)16(7-8-20-3)14(19)15-12-6-4-5-11(9-12)13(17)18/h10-12H,4-9H2,1-3H3,(H,15,19)(H,17,18). The monoisotopic (exact) mass is 286 g/mol. The molecule has 0 radical (unpaired) electrons. The molecule has 1 fully saturated rings. The summed E-state index contributed by atoms with van der Waals surface area (Å²) in [4.78, 5) is 25.0. The summed E-state index contributed by atoms with van der Waals surface area (Å²) in [5.74, 6) is -1.09. The molecule has 0 aromatic heterocycles. The average Bonchev–Trinajstić information content (AvgIpc) is 2.39. The number of carboxylic acids is 1. The normalized spacial score (nSPS) is 22.6. The van der Waals surface area contributed by atoms with E-state index in [4.69, 9.17) is 9.84 Å². The van der Waals surface area contributed by atoms with Crippen molar-refractivity contribution in [1.29, 1.82) is 0 Å². The van der Waals surface area contributed by atoms with E-state index in [-0.39, 0.29) is 24.0 Å². The highest BCUT2D eigenvalue weighted by Gasteiger charge is 2.29. The molecule has 0 heterocycles.